The maximum atomic E-state index is 9.57. The molecule has 1 atom stereocenters. The summed E-state index contributed by atoms with van der Waals surface area (Å²) in [5.41, 5.74) is 1.75. The van der Waals surface area contributed by atoms with Crippen LogP contribution in [0.5, 0.6) is 5.75 Å². The van der Waals surface area contributed by atoms with Gasteiger partial charge in [-0.05, 0) is 30.5 Å². The van der Waals surface area contributed by atoms with Crippen molar-refractivity contribution in [2.75, 3.05) is 13.1 Å². The van der Waals surface area contributed by atoms with E-state index in [1.807, 2.05) is 6.07 Å². The highest BCUT2D eigenvalue weighted by Crippen LogP contribution is 2.27. The Balaban J connectivity index is 2.23. The fourth-order valence-electron chi connectivity index (χ4n) is 1.91. The van der Waals surface area contributed by atoms with Crippen molar-refractivity contribution in [3.05, 3.63) is 29.3 Å². The van der Waals surface area contributed by atoms with Crippen molar-refractivity contribution < 1.29 is 10.2 Å². The minimum absolute atomic E-state index is 0.102. The van der Waals surface area contributed by atoms with Crippen LogP contribution in [0.2, 0.25) is 0 Å². The summed E-state index contributed by atoms with van der Waals surface area (Å²) in [6.07, 6.45) is 1.12. The molecule has 1 aromatic carbocycles. The molecule has 0 amide bonds. The fourth-order valence-corrected chi connectivity index (χ4v) is 1.91. The molecule has 1 saturated heterocycles. The third-order valence-electron chi connectivity index (χ3n) is 2.81. The van der Waals surface area contributed by atoms with Crippen molar-refractivity contribution in [1.29, 1.82) is 0 Å². The monoisotopic (exact) mass is 193 g/mol. The van der Waals surface area contributed by atoms with Crippen LogP contribution in [0.25, 0.3) is 0 Å². The average Bonchev–Trinajstić information content (AvgIpc) is 2.70. The Morgan fingerprint density at radius 1 is 1.43 bits per heavy atom. The summed E-state index contributed by atoms with van der Waals surface area (Å²) >= 11 is 0. The molecule has 0 bridgehead atoms. The molecule has 1 unspecified atom stereocenters. The number of phenols is 1. The number of rotatable bonds is 2. The van der Waals surface area contributed by atoms with Gasteiger partial charge in [-0.3, -0.25) is 0 Å². The van der Waals surface area contributed by atoms with E-state index in [2.05, 4.69) is 5.32 Å². The number of hydrogen-bond donors (Lipinski definition) is 3. The van der Waals surface area contributed by atoms with Gasteiger partial charge in [-0.1, -0.05) is 12.1 Å². The van der Waals surface area contributed by atoms with Gasteiger partial charge in [0.05, 0.1) is 6.61 Å². The number of benzene rings is 1. The highest BCUT2D eigenvalue weighted by atomic mass is 16.3. The van der Waals surface area contributed by atoms with Crippen molar-refractivity contribution in [1.82, 2.24) is 5.32 Å². The molecule has 1 aliphatic rings. The lowest BCUT2D eigenvalue weighted by atomic mass is 9.97. The molecule has 0 saturated carbocycles. The molecular formula is C11H15NO2. The molecule has 3 nitrogen and oxygen atoms in total. The molecule has 1 fully saturated rings. The summed E-state index contributed by atoms with van der Waals surface area (Å²) < 4.78 is 0. The standard InChI is InChI=1S/C11H15NO2/c13-7-10-2-1-8(5-11(10)14)9-3-4-12-6-9/h1-2,5,9,12-14H,3-4,6-7H2. The molecule has 0 radical (unpaired) electrons. The van der Waals surface area contributed by atoms with Crippen LogP contribution in [-0.4, -0.2) is 23.3 Å². The first-order chi connectivity index (χ1) is 6.81. The smallest absolute Gasteiger partial charge is 0.121 e. The van der Waals surface area contributed by atoms with E-state index in [1.165, 1.54) is 0 Å². The average molecular weight is 193 g/mol. The highest BCUT2D eigenvalue weighted by molar-refractivity contribution is 5.37. The molecule has 3 heteroatoms. The predicted octanol–water partition coefficient (Wildman–Crippen LogP) is 0.961. The van der Waals surface area contributed by atoms with Crippen molar-refractivity contribution >= 4 is 0 Å². The summed E-state index contributed by atoms with van der Waals surface area (Å²) in [6.45, 7) is 1.93. The fraction of sp³-hybridized carbons (Fsp3) is 0.455. The van der Waals surface area contributed by atoms with Crippen LogP contribution >= 0.6 is 0 Å². The zero-order chi connectivity index (χ0) is 9.97. The third-order valence-corrected chi connectivity index (χ3v) is 2.81. The lowest BCUT2D eigenvalue weighted by Gasteiger charge is -2.10. The number of aromatic hydroxyl groups is 1. The Morgan fingerprint density at radius 3 is 2.86 bits per heavy atom. The van der Waals surface area contributed by atoms with Crippen LogP contribution in [0, 0.1) is 0 Å². The highest BCUT2D eigenvalue weighted by Gasteiger charge is 2.17. The van der Waals surface area contributed by atoms with Gasteiger partial charge in [0.2, 0.25) is 0 Å². The summed E-state index contributed by atoms with van der Waals surface area (Å²) in [5, 5.41) is 21.8. The van der Waals surface area contributed by atoms with Crippen LogP contribution < -0.4 is 5.32 Å². The largest absolute Gasteiger partial charge is 0.508 e. The first kappa shape index (κ1) is 9.49. The number of nitrogens with one attached hydrogen (secondary N) is 1. The first-order valence-corrected chi connectivity index (χ1v) is 4.94. The predicted molar refractivity (Wildman–Crippen MR) is 54.3 cm³/mol. The van der Waals surface area contributed by atoms with E-state index in [0.29, 0.717) is 11.5 Å². The second-order valence-electron chi connectivity index (χ2n) is 3.74. The van der Waals surface area contributed by atoms with Gasteiger partial charge < -0.3 is 15.5 Å². The summed E-state index contributed by atoms with van der Waals surface area (Å²) in [4.78, 5) is 0. The van der Waals surface area contributed by atoms with E-state index < -0.39 is 0 Å². The zero-order valence-corrected chi connectivity index (χ0v) is 8.03. The topological polar surface area (TPSA) is 52.5 Å². The quantitative estimate of drug-likeness (QED) is 0.655. The third kappa shape index (κ3) is 1.74. The molecule has 1 heterocycles. The van der Waals surface area contributed by atoms with E-state index in [-0.39, 0.29) is 12.4 Å². The van der Waals surface area contributed by atoms with E-state index >= 15 is 0 Å². The van der Waals surface area contributed by atoms with Gasteiger partial charge in [0.1, 0.15) is 5.75 Å². The van der Waals surface area contributed by atoms with Crippen molar-refractivity contribution in [3.8, 4) is 5.75 Å². The lowest BCUT2D eigenvalue weighted by molar-refractivity contribution is 0.275. The van der Waals surface area contributed by atoms with Crippen LogP contribution in [-0.2, 0) is 6.61 Å². The van der Waals surface area contributed by atoms with Crippen LogP contribution in [0.1, 0.15) is 23.5 Å². The van der Waals surface area contributed by atoms with E-state index in [4.69, 9.17) is 5.11 Å². The minimum Gasteiger partial charge on any atom is -0.508 e. The molecule has 0 spiro atoms. The Bertz CT molecular complexity index is 319. The SMILES string of the molecule is OCc1ccc(C2CCNC2)cc1O. The molecule has 14 heavy (non-hydrogen) atoms. The Hall–Kier alpha value is -1.06. The summed E-state index contributed by atoms with van der Waals surface area (Å²) in [6, 6.07) is 5.55. The van der Waals surface area contributed by atoms with Crippen LogP contribution in [0.4, 0.5) is 0 Å². The molecular weight excluding hydrogens is 178 g/mol. The lowest BCUT2D eigenvalue weighted by Crippen LogP contribution is -2.07. The number of aliphatic hydroxyl groups excluding tert-OH is 1. The van der Waals surface area contributed by atoms with Gasteiger partial charge >= 0.3 is 0 Å². The van der Waals surface area contributed by atoms with Gasteiger partial charge in [-0.15, -0.1) is 0 Å². The Labute approximate surface area is 83.4 Å². The molecule has 3 N–H and O–H groups in total. The molecule has 1 aromatic rings. The minimum atomic E-state index is -0.102. The van der Waals surface area contributed by atoms with Gasteiger partial charge in [0.25, 0.3) is 0 Å². The van der Waals surface area contributed by atoms with Crippen molar-refractivity contribution in [2.45, 2.75) is 18.9 Å². The molecule has 0 aliphatic carbocycles. The van der Waals surface area contributed by atoms with Crippen molar-refractivity contribution in [2.24, 2.45) is 0 Å². The number of aliphatic hydroxyl groups is 1. The van der Waals surface area contributed by atoms with E-state index in [9.17, 15) is 5.11 Å². The Kier molecular flexibility index (Phi) is 2.70. The van der Waals surface area contributed by atoms with Gasteiger partial charge in [-0.25, -0.2) is 0 Å². The maximum absolute atomic E-state index is 9.57. The zero-order valence-electron chi connectivity index (χ0n) is 8.03. The van der Waals surface area contributed by atoms with Crippen molar-refractivity contribution in [3.63, 3.8) is 0 Å². The summed E-state index contributed by atoms with van der Waals surface area (Å²) in [5.74, 6) is 0.713. The van der Waals surface area contributed by atoms with Crippen LogP contribution in [0.3, 0.4) is 0 Å². The molecule has 1 aliphatic heterocycles. The summed E-state index contributed by atoms with van der Waals surface area (Å²) in [7, 11) is 0. The number of hydrogen-bond acceptors (Lipinski definition) is 3. The van der Waals surface area contributed by atoms with Crippen LogP contribution in [0.15, 0.2) is 18.2 Å². The first-order valence-electron chi connectivity index (χ1n) is 4.94. The Morgan fingerprint density at radius 2 is 2.29 bits per heavy atom. The van der Waals surface area contributed by atoms with Gasteiger partial charge in [0.15, 0.2) is 0 Å². The van der Waals surface area contributed by atoms with E-state index in [0.717, 1.165) is 25.1 Å². The van der Waals surface area contributed by atoms with Gasteiger partial charge in [0, 0.05) is 12.1 Å². The molecule has 2 rings (SSSR count). The maximum Gasteiger partial charge on any atom is 0.121 e. The van der Waals surface area contributed by atoms with Gasteiger partial charge in [-0.2, -0.15) is 0 Å². The van der Waals surface area contributed by atoms with E-state index in [1.54, 1.807) is 12.1 Å². The second kappa shape index (κ2) is 3.98. The molecule has 0 aromatic heterocycles. The normalized spacial score (nSPS) is 21.4. The molecule has 76 valence electrons. The second-order valence-corrected chi connectivity index (χ2v) is 3.74.